The van der Waals surface area contributed by atoms with Crippen molar-refractivity contribution >= 4 is 6.08 Å². The van der Waals surface area contributed by atoms with E-state index in [1.54, 1.807) is 30.5 Å². The van der Waals surface area contributed by atoms with Crippen molar-refractivity contribution in [1.29, 1.82) is 5.26 Å². The van der Waals surface area contributed by atoms with Gasteiger partial charge in [-0.15, -0.1) is 0 Å². The van der Waals surface area contributed by atoms with Crippen LogP contribution >= 0.6 is 0 Å². The van der Waals surface area contributed by atoms with Gasteiger partial charge in [-0.3, -0.25) is 4.98 Å². The van der Waals surface area contributed by atoms with E-state index < -0.39 is 0 Å². The maximum Gasteiger partial charge on any atom is 0.0992 e. The molecular formula is C9H9N3. The maximum atomic E-state index is 8.56. The summed E-state index contributed by atoms with van der Waals surface area (Å²) in [6.07, 6.45) is 5.19. The average molecular weight is 159 g/mol. The van der Waals surface area contributed by atoms with Crippen LogP contribution in [0, 0.1) is 11.3 Å². The van der Waals surface area contributed by atoms with Gasteiger partial charge in [-0.25, -0.2) is 0 Å². The Morgan fingerprint density at radius 2 is 2.50 bits per heavy atom. The SMILES string of the molecule is N#Cc1ccnc(C=CCN)c1. The molecule has 1 aromatic rings. The van der Waals surface area contributed by atoms with Gasteiger partial charge in [0.2, 0.25) is 0 Å². The zero-order valence-corrected chi connectivity index (χ0v) is 6.57. The van der Waals surface area contributed by atoms with E-state index in [9.17, 15) is 0 Å². The zero-order chi connectivity index (χ0) is 8.81. The summed E-state index contributed by atoms with van der Waals surface area (Å²) in [5, 5.41) is 8.56. The third kappa shape index (κ3) is 2.19. The minimum absolute atomic E-state index is 0.485. The first-order valence-electron chi connectivity index (χ1n) is 3.59. The molecule has 3 heteroatoms. The molecule has 12 heavy (non-hydrogen) atoms. The first-order valence-corrected chi connectivity index (χ1v) is 3.59. The van der Waals surface area contributed by atoms with Crippen LogP contribution in [0.4, 0.5) is 0 Å². The fraction of sp³-hybridized carbons (Fsp3) is 0.111. The molecule has 1 heterocycles. The van der Waals surface area contributed by atoms with Crippen LogP contribution in [0.2, 0.25) is 0 Å². The highest BCUT2D eigenvalue weighted by Crippen LogP contribution is 2.01. The number of aromatic nitrogens is 1. The van der Waals surface area contributed by atoms with Gasteiger partial charge in [0.25, 0.3) is 0 Å². The zero-order valence-electron chi connectivity index (χ0n) is 6.57. The fourth-order valence-electron chi connectivity index (χ4n) is 0.798. The van der Waals surface area contributed by atoms with Gasteiger partial charge in [-0.2, -0.15) is 5.26 Å². The van der Waals surface area contributed by atoms with Crippen molar-refractivity contribution in [3.63, 3.8) is 0 Å². The van der Waals surface area contributed by atoms with E-state index in [1.807, 2.05) is 6.07 Å². The van der Waals surface area contributed by atoms with Crippen LogP contribution in [0.1, 0.15) is 11.3 Å². The lowest BCUT2D eigenvalue weighted by Gasteiger charge is -1.91. The predicted molar refractivity (Wildman–Crippen MR) is 47.0 cm³/mol. The van der Waals surface area contributed by atoms with E-state index in [2.05, 4.69) is 4.98 Å². The molecule has 0 fully saturated rings. The highest BCUT2D eigenvalue weighted by Gasteiger charge is 1.90. The van der Waals surface area contributed by atoms with Gasteiger partial charge in [-0.05, 0) is 18.2 Å². The van der Waals surface area contributed by atoms with Crippen LogP contribution in [0.25, 0.3) is 6.08 Å². The van der Waals surface area contributed by atoms with Crippen molar-refractivity contribution in [1.82, 2.24) is 4.98 Å². The molecule has 0 radical (unpaired) electrons. The van der Waals surface area contributed by atoms with Gasteiger partial charge < -0.3 is 5.73 Å². The second-order valence-electron chi connectivity index (χ2n) is 2.22. The Balaban J connectivity index is 2.88. The first-order chi connectivity index (χ1) is 5.86. The van der Waals surface area contributed by atoms with Crippen molar-refractivity contribution in [2.75, 3.05) is 6.54 Å². The van der Waals surface area contributed by atoms with Crippen molar-refractivity contribution in [3.8, 4) is 6.07 Å². The van der Waals surface area contributed by atoms with Crippen molar-refractivity contribution in [2.45, 2.75) is 0 Å². The number of nitrogens with zero attached hydrogens (tertiary/aromatic N) is 2. The third-order valence-corrected chi connectivity index (χ3v) is 1.33. The molecule has 0 aromatic carbocycles. The summed E-state index contributed by atoms with van der Waals surface area (Å²) < 4.78 is 0. The van der Waals surface area contributed by atoms with E-state index in [0.29, 0.717) is 12.1 Å². The largest absolute Gasteiger partial charge is 0.327 e. The van der Waals surface area contributed by atoms with Gasteiger partial charge >= 0.3 is 0 Å². The van der Waals surface area contributed by atoms with Crippen LogP contribution in [-0.2, 0) is 0 Å². The molecule has 2 N–H and O–H groups in total. The van der Waals surface area contributed by atoms with E-state index in [4.69, 9.17) is 11.0 Å². The summed E-state index contributed by atoms with van der Waals surface area (Å²) in [6.45, 7) is 0.485. The Kier molecular flexibility index (Phi) is 3.00. The molecule has 60 valence electrons. The van der Waals surface area contributed by atoms with E-state index in [0.717, 1.165) is 5.69 Å². The molecule has 1 aromatic heterocycles. The summed E-state index contributed by atoms with van der Waals surface area (Å²) in [5.41, 5.74) is 6.64. The monoisotopic (exact) mass is 159 g/mol. The van der Waals surface area contributed by atoms with Crippen molar-refractivity contribution in [3.05, 3.63) is 35.7 Å². The Morgan fingerprint density at radius 3 is 3.17 bits per heavy atom. The average Bonchev–Trinajstić information content (AvgIpc) is 2.15. The Morgan fingerprint density at radius 1 is 1.67 bits per heavy atom. The van der Waals surface area contributed by atoms with Crippen molar-refractivity contribution in [2.24, 2.45) is 5.73 Å². The lowest BCUT2D eigenvalue weighted by atomic mass is 10.2. The normalized spacial score (nSPS) is 10.0. The quantitative estimate of drug-likeness (QED) is 0.698. The van der Waals surface area contributed by atoms with E-state index >= 15 is 0 Å². The fourth-order valence-corrected chi connectivity index (χ4v) is 0.798. The van der Waals surface area contributed by atoms with Crippen LogP contribution in [0.3, 0.4) is 0 Å². The van der Waals surface area contributed by atoms with E-state index in [1.165, 1.54) is 0 Å². The molecule has 0 aliphatic rings. The molecule has 3 nitrogen and oxygen atoms in total. The van der Waals surface area contributed by atoms with Gasteiger partial charge in [0.05, 0.1) is 17.3 Å². The molecule has 0 spiro atoms. The molecule has 1 rings (SSSR count). The van der Waals surface area contributed by atoms with Gasteiger partial charge in [-0.1, -0.05) is 6.08 Å². The number of pyridine rings is 1. The smallest absolute Gasteiger partial charge is 0.0992 e. The van der Waals surface area contributed by atoms with Crippen LogP contribution in [0.5, 0.6) is 0 Å². The molecule has 0 saturated heterocycles. The van der Waals surface area contributed by atoms with Gasteiger partial charge in [0, 0.05) is 12.7 Å². The molecule has 0 amide bonds. The van der Waals surface area contributed by atoms with Crippen LogP contribution in [0.15, 0.2) is 24.4 Å². The summed E-state index contributed by atoms with van der Waals surface area (Å²) in [6, 6.07) is 5.42. The first kappa shape index (κ1) is 8.44. The molecule has 0 aliphatic heterocycles. The molecule has 0 bridgehead atoms. The Labute approximate surface area is 71.2 Å². The van der Waals surface area contributed by atoms with Crippen molar-refractivity contribution < 1.29 is 0 Å². The second kappa shape index (κ2) is 4.27. The molecule has 0 saturated carbocycles. The standard InChI is InChI=1S/C9H9N3/c10-4-1-2-9-6-8(7-11)3-5-12-9/h1-3,5-6H,4,10H2. The number of nitriles is 1. The molecule has 0 unspecified atom stereocenters. The minimum Gasteiger partial charge on any atom is -0.327 e. The predicted octanol–water partition coefficient (Wildman–Crippen LogP) is 0.925. The Hall–Kier alpha value is -1.66. The number of hydrogen-bond acceptors (Lipinski definition) is 3. The topological polar surface area (TPSA) is 62.7 Å². The molecule has 0 atom stereocenters. The summed E-state index contributed by atoms with van der Waals surface area (Å²) in [5.74, 6) is 0. The summed E-state index contributed by atoms with van der Waals surface area (Å²) in [4.78, 5) is 4.03. The Bertz CT molecular complexity index is 323. The van der Waals surface area contributed by atoms with E-state index in [-0.39, 0.29) is 0 Å². The number of nitrogens with two attached hydrogens (primary N) is 1. The minimum atomic E-state index is 0.485. The number of hydrogen-bond donors (Lipinski definition) is 1. The van der Waals surface area contributed by atoms with Crippen LogP contribution < -0.4 is 5.73 Å². The molecular weight excluding hydrogens is 150 g/mol. The highest BCUT2D eigenvalue weighted by atomic mass is 14.7. The van der Waals surface area contributed by atoms with Gasteiger partial charge in [0.15, 0.2) is 0 Å². The lowest BCUT2D eigenvalue weighted by Crippen LogP contribution is -1.92. The summed E-state index contributed by atoms with van der Waals surface area (Å²) >= 11 is 0. The van der Waals surface area contributed by atoms with Crippen LogP contribution in [-0.4, -0.2) is 11.5 Å². The second-order valence-corrected chi connectivity index (χ2v) is 2.22. The highest BCUT2D eigenvalue weighted by molar-refractivity contribution is 5.47. The molecule has 0 aliphatic carbocycles. The van der Waals surface area contributed by atoms with Gasteiger partial charge in [0.1, 0.15) is 0 Å². The maximum absolute atomic E-state index is 8.56. The summed E-state index contributed by atoms with van der Waals surface area (Å²) in [7, 11) is 0. The lowest BCUT2D eigenvalue weighted by molar-refractivity contribution is 1.24. The number of rotatable bonds is 2. The third-order valence-electron chi connectivity index (χ3n) is 1.33.